The van der Waals surface area contributed by atoms with Crippen molar-refractivity contribution in [3.05, 3.63) is 0 Å². The molecule has 0 aromatic carbocycles. The predicted molar refractivity (Wildman–Crippen MR) is 60.9 cm³/mol. The largest absolute Gasteiger partial charge is 0.394 e. The van der Waals surface area contributed by atoms with Crippen LogP contribution in [-0.2, 0) is 4.74 Å². The number of ether oxygens (including phenoxy) is 1. The van der Waals surface area contributed by atoms with Crippen molar-refractivity contribution in [2.45, 2.75) is 26.1 Å². The quantitative estimate of drug-likeness (QED) is 0.694. The number of aliphatic hydroxyl groups excluding tert-OH is 1. The van der Waals surface area contributed by atoms with Gasteiger partial charge in [0.15, 0.2) is 0 Å². The average Bonchev–Trinajstić information content (AvgIpc) is 2.17. The number of rotatable bonds is 5. The second-order valence-corrected chi connectivity index (χ2v) is 5.10. The lowest BCUT2D eigenvalue weighted by molar-refractivity contribution is -0.0935. The Kier molecular flexibility index (Phi) is 5.86. The van der Waals surface area contributed by atoms with Crippen molar-refractivity contribution in [2.75, 3.05) is 37.7 Å². The normalized spacial score (nSPS) is 29.4. The van der Waals surface area contributed by atoms with Crippen molar-refractivity contribution < 1.29 is 9.84 Å². The maximum Gasteiger partial charge on any atom is 0.0936 e. The molecule has 1 fully saturated rings. The van der Waals surface area contributed by atoms with Gasteiger partial charge in [0.25, 0.3) is 0 Å². The van der Waals surface area contributed by atoms with Crippen molar-refractivity contribution in [1.82, 2.24) is 4.90 Å². The Hall–Kier alpha value is 0.230. The first-order valence-corrected chi connectivity index (χ1v) is 6.48. The van der Waals surface area contributed by atoms with Crippen LogP contribution in [0.25, 0.3) is 0 Å². The molecule has 0 amide bonds. The Labute approximate surface area is 90.8 Å². The zero-order chi connectivity index (χ0) is 10.4. The van der Waals surface area contributed by atoms with Crippen LogP contribution in [0.4, 0.5) is 0 Å². The Balaban J connectivity index is 2.23. The predicted octanol–water partition coefficient (Wildman–Crippen LogP) is 0.821. The smallest absolute Gasteiger partial charge is 0.0936 e. The summed E-state index contributed by atoms with van der Waals surface area (Å²) in [5.74, 6) is 2.37. The number of hydrogen-bond acceptors (Lipinski definition) is 4. The fourth-order valence-corrected chi connectivity index (χ4v) is 2.44. The molecule has 2 unspecified atom stereocenters. The molecule has 1 N–H and O–H groups in total. The van der Waals surface area contributed by atoms with E-state index in [1.807, 2.05) is 11.8 Å². The van der Waals surface area contributed by atoms with Crippen LogP contribution >= 0.6 is 11.8 Å². The van der Waals surface area contributed by atoms with Gasteiger partial charge in [0.1, 0.15) is 0 Å². The molecule has 0 aliphatic carbocycles. The molecule has 2 atom stereocenters. The van der Waals surface area contributed by atoms with Crippen LogP contribution in [0.5, 0.6) is 0 Å². The van der Waals surface area contributed by atoms with Crippen LogP contribution in [0.2, 0.25) is 0 Å². The molecule has 0 radical (unpaired) electrons. The summed E-state index contributed by atoms with van der Waals surface area (Å²) >= 11 is 1.97. The summed E-state index contributed by atoms with van der Waals surface area (Å²) < 4.78 is 5.57. The maximum atomic E-state index is 9.04. The molecule has 1 saturated heterocycles. The van der Waals surface area contributed by atoms with E-state index in [-0.39, 0.29) is 18.8 Å². The fourth-order valence-electron chi connectivity index (χ4n) is 1.76. The van der Waals surface area contributed by atoms with Gasteiger partial charge in [-0.25, -0.2) is 0 Å². The van der Waals surface area contributed by atoms with E-state index in [1.165, 1.54) is 11.5 Å². The summed E-state index contributed by atoms with van der Waals surface area (Å²) in [4.78, 5) is 2.39. The molecule has 0 saturated carbocycles. The third-order valence-electron chi connectivity index (χ3n) is 2.36. The number of hydrogen-bond donors (Lipinski definition) is 1. The van der Waals surface area contributed by atoms with Gasteiger partial charge >= 0.3 is 0 Å². The highest BCUT2D eigenvalue weighted by atomic mass is 32.2. The molecular weight excluding hydrogens is 198 g/mol. The molecular formula is C10H21NO2S. The Morgan fingerprint density at radius 1 is 1.50 bits per heavy atom. The van der Waals surface area contributed by atoms with Gasteiger partial charge in [-0.05, 0) is 12.7 Å². The van der Waals surface area contributed by atoms with E-state index in [9.17, 15) is 0 Å². The summed E-state index contributed by atoms with van der Waals surface area (Å²) in [7, 11) is 0. The molecule has 1 aliphatic heterocycles. The van der Waals surface area contributed by atoms with Crippen molar-refractivity contribution in [1.29, 1.82) is 0 Å². The van der Waals surface area contributed by atoms with Crippen molar-refractivity contribution in [3.8, 4) is 0 Å². The van der Waals surface area contributed by atoms with E-state index in [2.05, 4.69) is 18.7 Å². The number of aliphatic hydroxyl groups is 1. The number of morpholine rings is 1. The molecule has 0 spiro atoms. The first kappa shape index (κ1) is 12.3. The summed E-state index contributed by atoms with van der Waals surface area (Å²) in [6, 6.07) is 0. The zero-order valence-electron chi connectivity index (χ0n) is 9.11. The van der Waals surface area contributed by atoms with Crippen LogP contribution in [0.15, 0.2) is 0 Å². The molecule has 1 aliphatic rings. The molecule has 14 heavy (non-hydrogen) atoms. The summed E-state index contributed by atoms with van der Waals surface area (Å²) in [6.07, 6.45) is 0.276. The lowest BCUT2D eigenvalue weighted by Crippen LogP contribution is -2.48. The van der Waals surface area contributed by atoms with Crippen LogP contribution in [0.3, 0.4) is 0 Å². The molecule has 1 rings (SSSR count). The Bertz CT molecular complexity index is 157. The minimum Gasteiger partial charge on any atom is -0.394 e. The molecule has 4 heteroatoms. The number of nitrogens with zero attached hydrogens (tertiary/aromatic N) is 1. The van der Waals surface area contributed by atoms with E-state index in [0.717, 1.165) is 19.6 Å². The summed E-state index contributed by atoms with van der Waals surface area (Å²) in [5, 5.41) is 9.04. The third-order valence-corrected chi connectivity index (χ3v) is 3.24. The van der Waals surface area contributed by atoms with Crippen LogP contribution < -0.4 is 0 Å². The molecule has 1 heterocycles. The lowest BCUT2D eigenvalue weighted by atomic mass is 10.2. The van der Waals surface area contributed by atoms with Gasteiger partial charge in [-0.3, -0.25) is 4.90 Å². The highest BCUT2D eigenvalue weighted by Crippen LogP contribution is 2.11. The van der Waals surface area contributed by atoms with E-state index in [0.29, 0.717) is 0 Å². The van der Waals surface area contributed by atoms with Crippen LogP contribution in [-0.4, -0.2) is 60.0 Å². The average molecular weight is 219 g/mol. The van der Waals surface area contributed by atoms with Crippen molar-refractivity contribution in [2.24, 2.45) is 0 Å². The van der Waals surface area contributed by atoms with Gasteiger partial charge < -0.3 is 9.84 Å². The number of thioether (sulfide) groups is 1. The first-order valence-electron chi connectivity index (χ1n) is 5.32. The van der Waals surface area contributed by atoms with Gasteiger partial charge in [-0.2, -0.15) is 11.8 Å². The summed E-state index contributed by atoms with van der Waals surface area (Å²) in [6.45, 7) is 7.39. The highest BCUT2D eigenvalue weighted by molar-refractivity contribution is 7.99. The van der Waals surface area contributed by atoms with Gasteiger partial charge in [-0.1, -0.05) is 6.92 Å². The van der Waals surface area contributed by atoms with E-state index < -0.39 is 0 Å². The first-order chi connectivity index (χ1) is 6.76. The second-order valence-electron chi connectivity index (χ2n) is 3.71. The lowest BCUT2D eigenvalue weighted by Gasteiger charge is -2.35. The van der Waals surface area contributed by atoms with Crippen LogP contribution in [0.1, 0.15) is 13.8 Å². The highest BCUT2D eigenvalue weighted by Gasteiger charge is 2.23. The fraction of sp³-hybridized carbons (Fsp3) is 1.00. The van der Waals surface area contributed by atoms with E-state index in [1.54, 1.807) is 0 Å². The molecule has 0 bridgehead atoms. The van der Waals surface area contributed by atoms with E-state index >= 15 is 0 Å². The maximum absolute atomic E-state index is 9.04. The SMILES string of the molecule is CCSCCN1CC(C)OC(CO)C1. The van der Waals surface area contributed by atoms with Crippen molar-refractivity contribution in [3.63, 3.8) is 0 Å². The van der Waals surface area contributed by atoms with Gasteiger partial charge in [0, 0.05) is 25.4 Å². The molecule has 0 aromatic heterocycles. The molecule has 84 valence electrons. The van der Waals surface area contributed by atoms with Crippen LogP contribution in [0, 0.1) is 0 Å². The Morgan fingerprint density at radius 2 is 2.29 bits per heavy atom. The van der Waals surface area contributed by atoms with Gasteiger partial charge in [0.2, 0.25) is 0 Å². The third kappa shape index (κ3) is 4.17. The minimum absolute atomic E-state index is 0.0189. The molecule has 0 aromatic rings. The second kappa shape index (κ2) is 6.67. The summed E-state index contributed by atoms with van der Waals surface area (Å²) in [5.41, 5.74) is 0. The Morgan fingerprint density at radius 3 is 2.93 bits per heavy atom. The zero-order valence-corrected chi connectivity index (χ0v) is 9.92. The van der Waals surface area contributed by atoms with Crippen molar-refractivity contribution >= 4 is 11.8 Å². The minimum atomic E-state index is 0.0189. The molecule has 3 nitrogen and oxygen atoms in total. The standard InChI is InChI=1S/C10H21NO2S/c1-3-14-5-4-11-6-9(2)13-10(7-11)8-12/h9-10,12H,3-8H2,1-2H3. The van der Waals surface area contributed by atoms with Gasteiger partial charge in [0.05, 0.1) is 18.8 Å². The topological polar surface area (TPSA) is 32.7 Å². The van der Waals surface area contributed by atoms with E-state index in [4.69, 9.17) is 9.84 Å². The monoisotopic (exact) mass is 219 g/mol. The van der Waals surface area contributed by atoms with Gasteiger partial charge in [-0.15, -0.1) is 0 Å².